The van der Waals surface area contributed by atoms with Crippen LogP contribution in [0.25, 0.3) is 0 Å². The van der Waals surface area contributed by atoms with Gasteiger partial charge in [0.05, 0.1) is 6.10 Å². The summed E-state index contributed by atoms with van der Waals surface area (Å²) in [6, 6.07) is 0. The van der Waals surface area contributed by atoms with Crippen molar-refractivity contribution in [1.29, 1.82) is 0 Å². The highest BCUT2D eigenvalue weighted by Crippen LogP contribution is 2.27. The molecule has 0 unspecified atom stereocenters. The zero-order valence-electron chi connectivity index (χ0n) is 14.6. The van der Waals surface area contributed by atoms with Crippen LogP contribution in [-0.2, 0) is 9.59 Å². The molecule has 0 radical (unpaired) electrons. The summed E-state index contributed by atoms with van der Waals surface area (Å²) < 4.78 is 0. The predicted molar refractivity (Wildman–Crippen MR) is 95.7 cm³/mol. The molecular weight excluding hydrogens is 304 g/mol. The molecule has 4 nitrogen and oxygen atoms in total. The Balaban J connectivity index is 2.38. The van der Waals surface area contributed by atoms with E-state index in [2.05, 4.69) is 6.92 Å². The van der Waals surface area contributed by atoms with Crippen molar-refractivity contribution in [3.05, 3.63) is 36.5 Å². The number of carbonyl (C=O) groups is 2. The molecule has 0 aliphatic heterocycles. The highest BCUT2D eigenvalue weighted by molar-refractivity contribution is 5.95. The molecule has 3 atom stereocenters. The van der Waals surface area contributed by atoms with Crippen LogP contribution in [0.5, 0.6) is 0 Å². The van der Waals surface area contributed by atoms with E-state index in [-0.39, 0.29) is 24.0 Å². The van der Waals surface area contributed by atoms with Gasteiger partial charge in [0.15, 0.2) is 5.78 Å². The molecule has 0 bridgehead atoms. The van der Waals surface area contributed by atoms with Gasteiger partial charge in [-0.1, -0.05) is 56.6 Å². The van der Waals surface area contributed by atoms with Crippen molar-refractivity contribution in [3.63, 3.8) is 0 Å². The average Bonchev–Trinajstić information content (AvgIpc) is 2.89. The number of aliphatic hydroxyl groups excluding tert-OH is 1. The third kappa shape index (κ3) is 8.25. The van der Waals surface area contributed by atoms with E-state index in [9.17, 15) is 14.7 Å². The van der Waals surface area contributed by atoms with Crippen molar-refractivity contribution in [2.45, 2.75) is 64.4 Å². The van der Waals surface area contributed by atoms with Gasteiger partial charge < -0.3 is 10.2 Å². The van der Waals surface area contributed by atoms with Crippen LogP contribution in [0.2, 0.25) is 0 Å². The SMILES string of the molecule is CCCCC[C@H](O)C=C[C@H]1C=CC(=O)[C@@H]1C/C=C/CCCC(=O)O. The molecule has 1 aliphatic rings. The molecule has 134 valence electrons. The van der Waals surface area contributed by atoms with E-state index in [1.807, 2.05) is 30.4 Å². The maximum Gasteiger partial charge on any atom is 0.303 e. The van der Waals surface area contributed by atoms with E-state index in [1.165, 1.54) is 0 Å². The number of unbranched alkanes of at least 4 members (excludes halogenated alkanes) is 3. The van der Waals surface area contributed by atoms with Gasteiger partial charge in [-0.15, -0.1) is 0 Å². The molecule has 24 heavy (non-hydrogen) atoms. The fourth-order valence-electron chi connectivity index (χ4n) is 2.81. The maximum atomic E-state index is 12.0. The molecule has 0 heterocycles. The van der Waals surface area contributed by atoms with Gasteiger partial charge in [-0.3, -0.25) is 9.59 Å². The van der Waals surface area contributed by atoms with Gasteiger partial charge >= 0.3 is 5.97 Å². The second-order valence-corrected chi connectivity index (χ2v) is 6.39. The Morgan fingerprint density at radius 1 is 1.29 bits per heavy atom. The summed E-state index contributed by atoms with van der Waals surface area (Å²) in [5.74, 6) is -0.705. The van der Waals surface area contributed by atoms with Gasteiger partial charge in [-0.25, -0.2) is 0 Å². The Morgan fingerprint density at radius 3 is 2.79 bits per heavy atom. The first kappa shape index (κ1) is 20.4. The second kappa shape index (κ2) is 11.8. The number of hydrogen-bond donors (Lipinski definition) is 2. The van der Waals surface area contributed by atoms with Crippen molar-refractivity contribution < 1.29 is 19.8 Å². The van der Waals surface area contributed by atoms with Crippen LogP contribution in [0.15, 0.2) is 36.5 Å². The van der Waals surface area contributed by atoms with E-state index < -0.39 is 12.1 Å². The summed E-state index contributed by atoms with van der Waals surface area (Å²) in [6.07, 6.45) is 17.0. The molecule has 1 rings (SSSR count). The van der Waals surface area contributed by atoms with Crippen LogP contribution in [0.1, 0.15) is 58.3 Å². The van der Waals surface area contributed by atoms with Gasteiger partial charge in [0.1, 0.15) is 0 Å². The number of aliphatic carboxylic acids is 1. The summed E-state index contributed by atoms with van der Waals surface area (Å²) in [6.45, 7) is 2.14. The molecule has 0 saturated carbocycles. The first-order chi connectivity index (χ1) is 11.5. The van der Waals surface area contributed by atoms with E-state index in [0.29, 0.717) is 12.8 Å². The largest absolute Gasteiger partial charge is 0.481 e. The lowest BCUT2D eigenvalue weighted by Gasteiger charge is -2.13. The molecule has 4 heteroatoms. The lowest BCUT2D eigenvalue weighted by molar-refractivity contribution is -0.137. The number of aliphatic hydroxyl groups is 1. The summed E-state index contributed by atoms with van der Waals surface area (Å²) in [7, 11) is 0. The molecule has 2 N–H and O–H groups in total. The molecule has 1 aliphatic carbocycles. The highest BCUT2D eigenvalue weighted by atomic mass is 16.4. The molecular formula is C20H30O4. The maximum absolute atomic E-state index is 12.0. The topological polar surface area (TPSA) is 74.6 Å². The fourth-order valence-corrected chi connectivity index (χ4v) is 2.81. The van der Waals surface area contributed by atoms with Gasteiger partial charge in [0.25, 0.3) is 0 Å². The van der Waals surface area contributed by atoms with Crippen LogP contribution in [-0.4, -0.2) is 28.1 Å². The number of carbonyl (C=O) groups excluding carboxylic acids is 1. The van der Waals surface area contributed by atoms with Crippen molar-refractivity contribution in [3.8, 4) is 0 Å². The standard InChI is InChI=1S/C20H30O4/c1-2-3-6-9-17(21)14-12-16-13-15-19(22)18(16)10-7-4-5-8-11-20(23)24/h4,7,12-18,21H,2-3,5-6,8-11H2,1H3,(H,23,24)/b7-4+,14-12?/t16-,17-,18+/m0/s1. The van der Waals surface area contributed by atoms with Gasteiger partial charge in [-0.2, -0.15) is 0 Å². The number of rotatable bonds is 12. The molecule has 0 amide bonds. The lowest BCUT2D eigenvalue weighted by Crippen LogP contribution is -2.14. The van der Waals surface area contributed by atoms with E-state index in [1.54, 1.807) is 6.08 Å². The Bertz CT molecular complexity index is 476. The van der Waals surface area contributed by atoms with Gasteiger partial charge in [-0.05, 0) is 31.8 Å². The number of ketones is 1. The summed E-state index contributed by atoms with van der Waals surface area (Å²) in [5, 5.41) is 18.5. The minimum absolute atomic E-state index is 0.0435. The van der Waals surface area contributed by atoms with Crippen LogP contribution >= 0.6 is 0 Å². The third-order valence-electron chi connectivity index (χ3n) is 4.29. The summed E-state index contributed by atoms with van der Waals surface area (Å²) >= 11 is 0. The molecule has 0 saturated heterocycles. The minimum Gasteiger partial charge on any atom is -0.481 e. The zero-order valence-corrected chi connectivity index (χ0v) is 14.6. The number of carboxylic acids is 1. The van der Waals surface area contributed by atoms with Crippen molar-refractivity contribution >= 4 is 11.8 Å². The molecule has 0 aromatic rings. The third-order valence-corrected chi connectivity index (χ3v) is 4.29. The van der Waals surface area contributed by atoms with Crippen molar-refractivity contribution in [1.82, 2.24) is 0 Å². The van der Waals surface area contributed by atoms with Gasteiger partial charge in [0.2, 0.25) is 0 Å². The molecule has 0 spiro atoms. The molecule has 0 fully saturated rings. The minimum atomic E-state index is -0.777. The fraction of sp³-hybridized carbons (Fsp3) is 0.600. The normalized spacial score (nSPS) is 22.0. The van der Waals surface area contributed by atoms with E-state index in [4.69, 9.17) is 5.11 Å². The van der Waals surface area contributed by atoms with E-state index in [0.717, 1.165) is 32.1 Å². The van der Waals surface area contributed by atoms with Crippen LogP contribution in [0.4, 0.5) is 0 Å². The summed E-state index contributed by atoms with van der Waals surface area (Å²) in [5.41, 5.74) is 0. The average molecular weight is 334 g/mol. The Hall–Kier alpha value is -1.68. The lowest BCUT2D eigenvalue weighted by atomic mass is 9.90. The van der Waals surface area contributed by atoms with Crippen LogP contribution in [0, 0.1) is 11.8 Å². The van der Waals surface area contributed by atoms with Crippen molar-refractivity contribution in [2.75, 3.05) is 0 Å². The number of carboxylic acid groups (broad SMARTS) is 1. The first-order valence-electron chi connectivity index (χ1n) is 8.99. The second-order valence-electron chi connectivity index (χ2n) is 6.39. The quantitative estimate of drug-likeness (QED) is 0.417. The molecule has 0 aromatic heterocycles. The van der Waals surface area contributed by atoms with Crippen molar-refractivity contribution in [2.24, 2.45) is 11.8 Å². The zero-order chi connectivity index (χ0) is 17.8. The first-order valence-corrected chi connectivity index (χ1v) is 8.99. The Morgan fingerprint density at radius 2 is 2.08 bits per heavy atom. The van der Waals surface area contributed by atoms with Crippen LogP contribution in [0.3, 0.4) is 0 Å². The van der Waals surface area contributed by atoms with Gasteiger partial charge in [0, 0.05) is 18.3 Å². The highest BCUT2D eigenvalue weighted by Gasteiger charge is 2.27. The number of allylic oxidation sites excluding steroid dienone is 5. The van der Waals surface area contributed by atoms with Crippen LogP contribution < -0.4 is 0 Å². The number of hydrogen-bond acceptors (Lipinski definition) is 3. The van der Waals surface area contributed by atoms with E-state index >= 15 is 0 Å². The summed E-state index contributed by atoms with van der Waals surface area (Å²) in [4.78, 5) is 22.4. The monoisotopic (exact) mass is 334 g/mol. The Kier molecular flexibility index (Phi) is 10.0. The Labute approximate surface area is 145 Å². The smallest absolute Gasteiger partial charge is 0.303 e. The molecule has 0 aromatic carbocycles. The predicted octanol–water partition coefficient (Wildman–Crippen LogP) is 4.06.